The first-order valence-corrected chi connectivity index (χ1v) is 6.05. The standard InChI is InChI=1S/C16H10O2/c17-15-12-7-3-6-11-10-5-2-1-4-9(10)8-13(14(11)12)16(15)18/h1-8,11,14H. The van der Waals surface area contributed by atoms with Crippen LogP contribution in [0.5, 0.6) is 0 Å². The predicted octanol–water partition coefficient (Wildman–Crippen LogP) is 2.43. The number of hydrogen-bond acceptors (Lipinski definition) is 2. The van der Waals surface area contributed by atoms with Gasteiger partial charge in [-0.05, 0) is 17.2 Å². The molecule has 0 saturated heterocycles. The minimum absolute atomic E-state index is 0.0510. The zero-order chi connectivity index (χ0) is 12.3. The first-order valence-electron chi connectivity index (χ1n) is 6.05. The summed E-state index contributed by atoms with van der Waals surface area (Å²) in [6, 6.07) is 8.04. The van der Waals surface area contributed by atoms with Crippen LogP contribution in [0.25, 0.3) is 6.08 Å². The molecule has 18 heavy (non-hydrogen) atoms. The third-order valence-corrected chi connectivity index (χ3v) is 4.02. The van der Waals surface area contributed by atoms with E-state index in [4.69, 9.17) is 0 Å². The molecule has 1 saturated carbocycles. The molecule has 2 atom stereocenters. The molecule has 1 fully saturated rings. The topological polar surface area (TPSA) is 34.1 Å². The van der Waals surface area contributed by atoms with Crippen molar-refractivity contribution in [1.82, 2.24) is 0 Å². The molecule has 0 bridgehead atoms. The Labute approximate surface area is 104 Å². The molecule has 2 nitrogen and oxygen atoms in total. The van der Waals surface area contributed by atoms with Gasteiger partial charge in [0.1, 0.15) is 0 Å². The summed E-state index contributed by atoms with van der Waals surface area (Å²) in [7, 11) is 0. The molecule has 3 aliphatic carbocycles. The SMILES string of the molecule is O=C1C(=O)C2=Cc3ccccc3C3C=CC=C1C23. The molecule has 86 valence electrons. The summed E-state index contributed by atoms with van der Waals surface area (Å²) in [5.74, 6) is -0.565. The molecule has 0 amide bonds. The lowest BCUT2D eigenvalue weighted by molar-refractivity contribution is -0.130. The van der Waals surface area contributed by atoms with E-state index in [2.05, 4.69) is 12.1 Å². The van der Waals surface area contributed by atoms with E-state index in [-0.39, 0.29) is 23.4 Å². The Kier molecular flexibility index (Phi) is 1.72. The van der Waals surface area contributed by atoms with Crippen molar-refractivity contribution >= 4 is 17.6 Å². The Morgan fingerprint density at radius 3 is 2.61 bits per heavy atom. The van der Waals surface area contributed by atoms with Crippen molar-refractivity contribution in [3.63, 3.8) is 0 Å². The van der Waals surface area contributed by atoms with Crippen LogP contribution < -0.4 is 0 Å². The lowest BCUT2D eigenvalue weighted by Gasteiger charge is -2.29. The van der Waals surface area contributed by atoms with Gasteiger partial charge in [-0.25, -0.2) is 0 Å². The highest BCUT2D eigenvalue weighted by Gasteiger charge is 2.47. The van der Waals surface area contributed by atoms with Crippen LogP contribution in [-0.2, 0) is 9.59 Å². The van der Waals surface area contributed by atoms with Crippen LogP contribution in [0.1, 0.15) is 17.0 Å². The Hall–Kier alpha value is -2.22. The molecular weight excluding hydrogens is 224 g/mol. The van der Waals surface area contributed by atoms with Crippen molar-refractivity contribution in [3.8, 4) is 0 Å². The van der Waals surface area contributed by atoms with Gasteiger partial charge in [0.15, 0.2) is 0 Å². The predicted molar refractivity (Wildman–Crippen MR) is 67.9 cm³/mol. The number of carbonyl (C=O) groups is 2. The van der Waals surface area contributed by atoms with Crippen LogP contribution in [-0.4, -0.2) is 11.6 Å². The number of allylic oxidation sites excluding steroid dienone is 5. The van der Waals surface area contributed by atoms with E-state index in [1.54, 1.807) is 6.08 Å². The highest BCUT2D eigenvalue weighted by molar-refractivity contribution is 6.53. The number of Topliss-reactive ketones (excluding diaryl/α,β-unsaturated/α-hetero) is 2. The van der Waals surface area contributed by atoms with Crippen LogP contribution in [0.15, 0.2) is 53.6 Å². The van der Waals surface area contributed by atoms with Gasteiger partial charge in [0.2, 0.25) is 11.6 Å². The smallest absolute Gasteiger partial charge is 0.229 e. The molecule has 0 radical (unpaired) electrons. The zero-order valence-corrected chi connectivity index (χ0v) is 9.59. The maximum absolute atomic E-state index is 12.0. The van der Waals surface area contributed by atoms with Crippen LogP contribution in [0.3, 0.4) is 0 Å². The summed E-state index contributed by atoms with van der Waals surface area (Å²) in [5, 5.41) is 0. The third-order valence-electron chi connectivity index (χ3n) is 4.02. The van der Waals surface area contributed by atoms with Gasteiger partial charge in [0.05, 0.1) is 0 Å². The Bertz CT molecular complexity index is 689. The molecule has 2 heteroatoms. The summed E-state index contributed by atoms with van der Waals surface area (Å²) >= 11 is 0. The Balaban J connectivity index is 2.04. The van der Waals surface area contributed by atoms with Crippen molar-refractivity contribution in [2.45, 2.75) is 5.92 Å². The molecule has 2 unspecified atom stereocenters. The van der Waals surface area contributed by atoms with Crippen molar-refractivity contribution in [2.24, 2.45) is 5.92 Å². The fourth-order valence-electron chi connectivity index (χ4n) is 3.22. The number of benzene rings is 1. The van der Waals surface area contributed by atoms with Gasteiger partial charge in [-0.3, -0.25) is 9.59 Å². The maximum atomic E-state index is 12.0. The molecule has 1 aromatic rings. The normalized spacial score (nSPS) is 27.6. The van der Waals surface area contributed by atoms with Gasteiger partial charge in [-0.2, -0.15) is 0 Å². The first-order chi connectivity index (χ1) is 8.77. The summed E-state index contributed by atoms with van der Waals surface area (Å²) in [5.41, 5.74) is 3.59. The Morgan fingerprint density at radius 2 is 1.72 bits per heavy atom. The second kappa shape index (κ2) is 3.16. The second-order valence-electron chi connectivity index (χ2n) is 4.90. The number of hydrogen-bond donors (Lipinski definition) is 0. The van der Waals surface area contributed by atoms with E-state index in [1.165, 1.54) is 5.56 Å². The maximum Gasteiger partial charge on any atom is 0.229 e. The second-order valence-corrected chi connectivity index (χ2v) is 4.90. The van der Waals surface area contributed by atoms with E-state index >= 15 is 0 Å². The van der Waals surface area contributed by atoms with Crippen LogP contribution in [0, 0.1) is 5.92 Å². The average Bonchev–Trinajstić information content (AvgIpc) is 2.66. The molecule has 0 heterocycles. The monoisotopic (exact) mass is 234 g/mol. The Morgan fingerprint density at radius 1 is 0.944 bits per heavy atom. The number of rotatable bonds is 0. The summed E-state index contributed by atoms with van der Waals surface area (Å²) in [6.07, 6.45) is 7.66. The quantitative estimate of drug-likeness (QED) is 0.646. The van der Waals surface area contributed by atoms with E-state index in [1.807, 2.05) is 30.4 Å². The van der Waals surface area contributed by atoms with Gasteiger partial charge < -0.3 is 0 Å². The number of fused-ring (bicyclic) bond motifs is 2. The first kappa shape index (κ1) is 9.77. The average molecular weight is 234 g/mol. The number of carbonyl (C=O) groups excluding carboxylic acids is 2. The van der Waals surface area contributed by atoms with Crippen molar-refractivity contribution in [3.05, 3.63) is 64.8 Å². The largest absolute Gasteiger partial charge is 0.285 e. The zero-order valence-electron chi connectivity index (χ0n) is 9.59. The summed E-state index contributed by atoms with van der Waals surface area (Å²) in [6.45, 7) is 0. The highest BCUT2D eigenvalue weighted by atomic mass is 16.2. The molecule has 0 aliphatic heterocycles. The van der Waals surface area contributed by atoms with Gasteiger partial charge >= 0.3 is 0 Å². The van der Waals surface area contributed by atoms with Crippen molar-refractivity contribution in [1.29, 1.82) is 0 Å². The molecule has 3 aliphatic rings. The summed E-state index contributed by atoms with van der Waals surface area (Å²) < 4.78 is 0. The van der Waals surface area contributed by atoms with Crippen molar-refractivity contribution < 1.29 is 9.59 Å². The van der Waals surface area contributed by atoms with Gasteiger partial charge in [0, 0.05) is 23.0 Å². The van der Waals surface area contributed by atoms with E-state index in [9.17, 15) is 9.59 Å². The van der Waals surface area contributed by atoms with Gasteiger partial charge in [-0.1, -0.05) is 42.5 Å². The van der Waals surface area contributed by atoms with Crippen LogP contribution in [0.4, 0.5) is 0 Å². The molecule has 0 aromatic heterocycles. The summed E-state index contributed by atoms with van der Waals surface area (Å²) in [4.78, 5) is 23.9. The lowest BCUT2D eigenvalue weighted by Crippen LogP contribution is -2.19. The fraction of sp³-hybridized carbons (Fsp3) is 0.125. The molecule has 0 N–H and O–H groups in total. The molecule has 4 rings (SSSR count). The fourth-order valence-corrected chi connectivity index (χ4v) is 3.22. The van der Waals surface area contributed by atoms with Crippen molar-refractivity contribution in [2.75, 3.05) is 0 Å². The highest BCUT2D eigenvalue weighted by Crippen LogP contribution is 2.48. The van der Waals surface area contributed by atoms with E-state index in [0.717, 1.165) is 5.56 Å². The lowest BCUT2D eigenvalue weighted by atomic mass is 9.72. The minimum Gasteiger partial charge on any atom is -0.285 e. The third kappa shape index (κ3) is 1.03. The van der Waals surface area contributed by atoms with Gasteiger partial charge in [-0.15, -0.1) is 0 Å². The molecule has 0 spiro atoms. The minimum atomic E-state index is -0.326. The van der Waals surface area contributed by atoms with E-state index < -0.39 is 0 Å². The van der Waals surface area contributed by atoms with Crippen LogP contribution in [0.2, 0.25) is 0 Å². The van der Waals surface area contributed by atoms with Crippen LogP contribution >= 0.6 is 0 Å². The van der Waals surface area contributed by atoms with E-state index in [0.29, 0.717) is 11.1 Å². The van der Waals surface area contributed by atoms with Gasteiger partial charge in [0.25, 0.3) is 0 Å². The number of ketones is 2. The molecular formula is C16H10O2. The molecule has 1 aromatic carbocycles.